The highest BCUT2D eigenvalue weighted by Gasteiger charge is 2.34. The smallest absolute Gasteiger partial charge is 0.339 e. The monoisotopic (exact) mass is 384 g/mol. The number of ether oxygens (including phenoxy) is 1. The largest absolute Gasteiger partial charge is 0.465 e. The molecule has 0 aliphatic carbocycles. The number of esters is 1. The van der Waals surface area contributed by atoms with Gasteiger partial charge in [-0.15, -0.1) is 0 Å². The molecule has 0 aromatic heterocycles. The Labute approximate surface area is 162 Å². The van der Waals surface area contributed by atoms with Crippen molar-refractivity contribution in [3.05, 3.63) is 65.5 Å². The van der Waals surface area contributed by atoms with Gasteiger partial charge in [0.2, 0.25) is 11.8 Å². The Morgan fingerprint density at radius 2 is 1.89 bits per heavy atom. The van der Waals surface area contributed by atoms with Crippen molar-refractivity contribution in [3.63, 3.8) is 0 Å². The van der Waals surface area contributed by atoms with Gasteiger partial charge in [-0.3, -0.25) is 9.59 Å². The number of halogens is 1. The second-order valence-corrected chi connectivity index (χ2v) is 6.64. The lowest BCUT2D eigenvalue weighted by Crippen LogP contribution is -2.30. The van der Waals surface area contributed by atoms with E-state index in [-0.39, 0.29) is 29.6 Å². The lowest BCUT2D eigenvalue weighted by atomic mass is 10.1. The second kappa shape index (κ2) is 8.65. The van der Waals surface area contributed by atoms with E-state index >= 15 is 0 Å². The zero-order valence-electron chi connectivity index (χ0n) is 15.5. The highest BCUT2D eigenvalue weighted by molar-refractivity contribution is 6.03. The summed E-state index contributed by atoms with van der Waals surface area (Å²) in [7, 11) is 1.27. The lowest BCUT2D eigenvalue weighted by molar-refractivity contribution is -0.128. The molecule has 2 aromatic carbocycles. The van der Waals surface area contributed by atoms with Crippen LogP contribution in [0, 0.1) is 11.7 Å². The van der Waals surface area contributed by atoms with Gasteiger partial charge in [-0.05, 0) is 36.2 Å². The predicted octanol–water partition coefficient (Wildman–Crippen LogP) is 2.64. The van der Waals surface area contributed by atoms with Crippen LogP contribution in [0.15, 0.2) is 48.5 Å². The molecule has 1 heterocycles. The molecule has 0 bridgehead atoms. The zero-order valence-corrected chi connectivity index (χ0v) is 15.5. The Bertz CT molecular complexity index is 882. The number of hydrogen-bond acceptors (Lipinski definition) is 4. The summed E-state index contributed by atoms with van der Waals surface area (Å²) in [6.07, 6.45) is 0.709. The molecule has 0 saturated carbocycles. The summed E-state index contributed by atoms with van der Waals surface area (Å²) in [6.45, 7) is 0.777. The number of likely N-dealkylation sites (tertiary alicyclic amines) is 1. The average molecular weight is 384 g/mol. The summed E-state index contributed by atoms with van der Waals surface area (Å²) in [4.78, 5) is 38.3. The SMILES string of the molecule is COC(=O)c1ccccc1NC(=O)[C@@H]1CC(=O)N(CCc2ccc(F)cc2)C1. The normalized spacial score (nSPS) is 16.1. The van der Waals surface area contributed by atoms with E-state index in [1.54, 1.807) is 41.3 Å². The highest BCUT2D eigenvalue weighted by Crippen LogP contribution is 2.22. The summed E-state index contributed by atoms with van der Waals surface area (Å²) in [5.41, 5.74) is 1.54. The Kier molecular flexibility index (Phi) is 6.03. The van der Waals surface area contributed by atoms with Gasteiger partial charge in [0, 0.05) is 19.5 Å². The van der Waals surface area contributed by atoms with Gasteiger partial charge in [-0.1, -0.05) is 24.3 Å². The summed E-state index contributed by atoms with van der Waals surface area (Å²) in [5, 5.41) is 2.73. The second-order valence-electron chi connectivity index (χ2n) is 6.64. The van der Waals surface area contributed by atoms with Crippen LogP contribution in [-0.2, 0) is 20.7 Å². The first-order chi connectivity index (χ1) is 13.5. The zero-order chi connectivity index (χ0) is 20.1. The summed E-state index contributed by atoms with van der Waals surface area (Å²) < 4.78 is 17.7. The molecule has 1 aliphatic rings. The molecule has 1 fully saturated rings. The van der Waals surface area contributed by atoms with Gasteiger partial charge in [0.25, 0.3) is 0 Å². The minimum Gasteiger partial charge on any atom is -0.465 e. The summed E-state index contributed by atoms with van der Waals surface area (Å²) >= 11 is 0. The third-order valence-corrected chi connectivity index (χ3v) is 4.76. The summed E-state index contributed by atoms with van der Waals surface area (Å²) in [6, 6.07) is 12.7. The van der Waals surface area contributed by atoms with Crippen molar-refractivity contribution >= 4 is 23.5 Å². The first-order valence-electron chi connectivity index (χ1n) is 8.98. The molecule has 1 aliphatic heterocycles. The molecule has 0 radical (unpaired) electrons. The molecule has 7 heteroatoms. The molecule has 146 valence electrons. The van der Waals surface area contributed by atoms with E-state index in [1.807, 2.05) is 0 Å². The molecule has 1 saturated heterocycles. The number of carbonyl (C=O) groups excluding carboxylic acids is 3. The Balaban J connectivity index is 1.59. The molecule has 0 spiro atoms. The number of nitrogens with one attached hydrogen (secondary N) is 1. The van der Waals surface area contributed by atoms with Crippen LogP contribution < -0.4 is 5.32 Å². The van der Waals surface area contributed by atoms with E-state index < -0.39 is 11.9 Å². The number of rotatable bonds is 6. The number of hydrogen-bond donors (Lipinski definition) is 1. The van der Waals surface area contributed by atoms with E-state index in [0.29, 0.717) is 25.2 Å². The first kappa shape index (κ1) is 19.5. The topological polar surface area (TPSA) is 75.7 Å². The Morgan fingerprint density at radius 3 is 2.61 bits per heavy atom. The molecular formula is C21H21FN2O4. The first-order valence-corrected chi connectivity index (χ1v) is 8.98. The van der Waals surface area contributed by atoms with E-state index in [4.69, 9.17) is 4.74 Å². The number of nitrogens with zero attached hydrogens (tertiary/aromatic N) is 1. The van der Waals surface area contributed by atoms with Crippen LogP contribution in [0.2, 0.25) is 0 Å². The minimum absolute atomic E-state index is 0.0940. The number of amides is 2. The number of benzene rings is 2. The van der Waals surface area contributed by atoms with Crippen molar-refractivity contribution in [1.82, 2.24) is 4.90 Å². The van der Waals surface area contributed by atoms with E-state index in [2.05, 4.69) is 5.32 Å². The molecule has 3 rings (SSSR count). The molecule has 28 heavy (non-hydrogen) atoms. The van der Waals surface area contributed by atoms with Crippen molar-refractivity contribution in [2.45, 2.75) is 12.8 Å². The fraction of sp³-hybridized carbons (Fsp3) is 0.286. The van der Waals surface area contributed by atoms with Crippen molar-refractivity contribution < 1.29 is 23.5 Å². The van der Waals surface area contributed by atoms with Gasteiger partial charge in [0.15, 0.2) is 0 Å². The van der Waals surface area contributed by atoms with Crippen LogP contribution in [0.5, 0.6) is 0 Å². The molecule has 1 N–H and O–H groups in total. The third kappa shape index (κ3) is 4.54. The van der Waals surface area contributed by atoms with Gasteiger partial charge < -0.3 is 15.0 Å². The summed E-state index contributed by atoms with van der Waals surface area (Å²) in [5.74, 6) is -1.74. The molecular weight excluding hydrogens is 363 g/mol. The standard InChI is InChI=1S/C21H21FN2O4/c1-28-21(27)17-4-2-3-5-18(17)23-20(26)15-12-19(25)24(13-15)11-10-14-6-8-16(22)9-7-14/h2-9,15H,10-13H2,1H3,(H,23,26)/t15-/m1/s1. The fourth-order valence-electron chi connectivity index (χ4n) is 3.19. The number of anilines is 1. The minimum atomic E-state index is -0.542. The average Bonchev–Trinajstić information content (AvgIpc) is 3.08. The van der Waals surface area contributed by atoms with Crippen molar-refractivity contribution in [1.29, 1.82) is 0 Å². The van der Waals surface area contributed by atoms with Gasteiger partial charge in [-0.25, -0.2) is 9.18 Å². The Hall–Kier alpha value is -3.22. The Morgan fingerprint density at radius 1 is 1.18 bits per heavy atom. The quantitative estimate of drug-likeness (QED) is 0.777. The highest BCUT2D eigenvalue weighted by atomic mass is 19.1. The van der Waals surface area contributed by atoms with Crippen molar-refractivity contribution in [2.24, 2.45) is 5.92 Å². The van der Waals surface area contributed by atoms with E-state index in [1.165, 1.54) is 19.2 Å². The van der Waals surface area contributed by atoms with E-state index in [9.17, 15) is 18.8 Å². The van der Waals surface area contributed by atoms with Gasteiger partial charge in [-0.2, -0.15) is 0 Å². The van der Waals surface area contributed by atoms with Crippen LogP contribution in [0.4, 0.5) is 10.1 Å². The van der Waals surface area contributed by atoms with Crippen LogP contribution in [-0.4, -0.2) is 42.9 Å². The van der Waals surface area contributed by atoms with Gasteiger partial charge in [0.1, 0.15) is 5.82 Å². The van der Waals surface area contributed by atoms with Crippen LogP contribution >= 0.6 is 0 Å². The number of carbonyl (C=O) groups is 3. The van der Waals surface area contributed by atoms with Crippen LogP contribution in [0.3, 0.4) is 0 Å². The van der Waals surface area contributed by atoms with Gasteiger partial charge in [0.05, 0.1) is 24.3 Å². The van der Waals surface area contributed by atoms with Crippen molar-refractivity contribution in [3.8, 4) is 0 Å². The third-order valence-electron chi connectivity index (χ3n) is 4.76. The molecule has 2 amide bonds. The van der Waals surface area contributed by atoms with Crippen molar-refractivity contribution in [2.75, 3.05) is 25.5 Å². The van der Waals surface area contributed by atoms with Gasteiger partial charge >= 0.3 is 5.97 Å². The molecule has 0 unspecified atom stereocenters. The van der Waals surface area contributed by atoms with Crippen LogP contribution in [0.1, 0.15) is 22.3 Å². The molecule has 2 aromatic rings. The number of methoxy groups -OCH3 is 1. The number of para-hydroxylation sites is 1. The predicted molar refractivity (Wildman–Crippen MR) is 101 cm³/mol. The molecule has 1 atom stereocenters. The molecule has 6 nitrogen and oxygen atoms in total. The van der Waals surface area contributed by atoms with E-state index in [0.717, 1.165) is 5.56 Å². The lowest BCUT2D eigenvalue weighted by Gasteiger charge is -2.17. The van der Waals surface area contributed by atoms with Crippen LogP contribution in [0.25, 0.3) is 0 Å². The fourth-order valence-corrected chi connectivity index (χ4v) is 3.19. The maximum Gasteiger partial charge on any atom is 0.339 e. The maximum atomic E-state index is 13.0. The maximum absolute atomic E-state index is 13.0.